The number of anilines is 1. The number of hydrogen-bond donors (Lipinski definition) is 1. The zero-order chi connectivity index (χ0) is 22.8. The molecule has 0 unspecified atom stereocenters. The Morgan fingerprint density at radius 2 is 1.81 bits per heavy atom. The Hall–Kier alpha value is -3.69. The summed E-state index contributed by atoms with van der Waals surface area (Å²) in [5.41, 5.74) is 0.504. The molecule has 0 aliphatic heterocycles. The van der Waals surface area contributed by atoms with Gasteiger partial charge in [0.1, 0.15) is 5.69 Å². The van der Waals surface area contributed by atoms with Crippen molar-refractivity contribution in [2.45, 2.75) is 26.6 Å². The maximum absolute atomic E-state index is 12.6. The van der Waals surface area contributed by atoms with Gasteiger partial charge in [0.25, 0.3) is 11.5 Å². The Morgan fingerprint density at radius 3 is 2.42 bits per heavy atom. The molecule has 0 radical (unpaired) electrons. The molecule has 31 heavy (non-hydrogen) atoms. The monoisotopic (exact) mass is 433 g/mol. The number of aryl methyl sites for hydroxylation is 2. The first kappa shape index (κ1) is 22.0. The van der Waals surface area contributed by atoms with Crippen molar-refractivity contribution >= 4 is 28.6 Å². The van der Waals surface area contributed by atoms with Crippen LogP contribution < -0.4 is 10.9 Å². The first-order chi connectivity index (χ1) is 14.6. The molecule has 0 aliphatic carbocycles. The fourth-order valence-corrected chi connectivity index (χ4v) is 2.97. The summed E-state index contributed by atoms with van der Waals surface area (Å²) in [5.74, 6) is -1.49. The van der Waals surface area contributed by atoms with Gasteiger partial charge in [0.15, 0.2) is 6.61 Å². The fourth-order valence-electron chi connectivity index (χ4n) is 2.97. The summed E-state index contributed by atoms with van der Waals surface area (Å²) in [6.07, 6.45) is -4.48. The van der Waals surface area contributed by atoms with Crippen molar-refractivity contribution in [1.29, 1.82) is 0 Å². The van der Waals surface area contributed by atoms with Crippen LogP contribution in [0.4, 0.5) is 18.9 Å². The molecule has 7 nitrogen and oxygen atoms in total. The molecule has 0 saturated carbocycles. The zero-order valence-electron chi connectivity index (χ0n) is 16.6. The van der Waals surface area contributed by atoms with E-state index in [9.17, 15) is 27.6 Å². The second-order valence-corrected chi connectivity index (χ2v) is 6.65. The lowest BCUT2D eigenvalue weighted by Crippen LogP contribution is -2.23. The summed E-state index contributed by atoms with van der Waals surface area (Å²) in [7, 11) is 0. The van der Waals surface area contributed by atoms with Crippen molar-refractivity contribution < 1.29 is 27.5 Å². The van der Waals surface area contributed by atoms with Crippen LogP contribution >= 0.6 is 0 Å². The number of ether oxygens (including phenoxy) is 1. The van der Waals surface area contributed by atoms with Crippen LogP contribution in [0, 0.1) is 6.92 Å². The van der Waals surface area contributed by atoms with Crippen LogP contribution in [-0.4, -0.2) is 28.0 Å². The van der Waals surface area contributed by atoms with Crippen LogP contribution in [0.5, 0.6) is 0 Å². The minimum absolute atomic E-state index is 0.136. The number of amides is 1. The van der Waals surface area contributed by atoms with E-state index in [1.165, 1.54) is 16.7 Å². The summed E-state index contributed by atoms with van der Waals surface area (Å²) in [4.78, 5) is 40.6. The molecule has 0 aliphatic rings. The number of esters is 1. The van der Waals surface area contributed by atoms with Gasteiger partial charge < -0.3 is 14.6 Å². The Morgan fingerprint density at radius 1 is 1.13 bits per heavy atom. The Labute approximate surface area is 174 Å². The number of aromatic nitrogens is 2. The van der Waals surface area contributed by atoms with Crippen molar-refractivity contribution in [3.05, 3.63) is 69.6 Å². The van der Waals surface area contributed by atoms with Gasteiger partial charge in [-0.3, -0.25) is 9.59 Å². The minimum atomic E-state index is -4.48. The van der Waals surface area contributed by atoms with Gasteiger partial charge >= 0.3 is 12.1 Å². The average molecular weight is 433 g/mol. The second kappa shape index (κ2) is 8.58. The maximum atomic E-state index is 12.6. The van der Waals surface area contributed by atoms with Crippen LogP contribution in [0.1, 0.15) is 28.5 Å². The minimum Gasteiger partial charge on any atom is -0.452 e. The van der Waals surface area contributed by atoms with E-state index in [1.54, 1.807) is 13.0 Å². The van der Waals surface area contributed by atoms with Gasteiger partial charge in [-0.2, -0.15) is 13.2 Å². The Bertz CT molecular complexity index is 1200. The maximum Gasteiger partial charge on any atom is 0.416 e. The number of benzene rings is 2. The van der Waals surface area contributed by atoms with E-state index < -0.39 is 30.2 Å². The standard InChI is InChI=1S/C21H18F3N3O4/c1-3-27-17-9-4-13(10-16(17)25-12(2)19(27)29)20(30)31-11-18(28)26-15-7-5-14(6-8-15)21(22,23)24/h4-10H,3,11H2,1-2H3,(H,26,28). The predicted octanol–water partition coefficient (Wildman–Crippen LogP) is 3.54. The molecule has 1 amide bonds. The molecule has 10 heteroatoms. The summed E-state index contributed by atoms with van der Waals surface area (Å²) in [5, 5.41) is 2.35. The summed E-state index contributed by atoms with van der Waals surface area (Å²) in [6.45, 7) is 3.20. The molecule has 3 rings (SSSR count). The first-order valence-electron chi connectivity index (χ1n) is 9.25. The van der Waals surface area contributed by atoms with Gasteiger partial charge in [-0.05, 0) is 56.3 Å². The van der Waals surface area contributed by atoms with Crippen molar-refractivity contribution in [3.8, 4) is 0 Å². The molecule has 162 valence electrons. The van der Waals surface area contributed by atoms with Gasteiger partial charge in [0.05, 0.1) is 22.2 Å². The number of carbonyl (C=O) groups is 2. The van der Waals surface area contributed by atoms with E-state index in [0.29, 0.717) is 17.6 Å². The normalized spacial score (nSPS) is 11.4. The highest BCUT2D eigenvalue weighted by atomic mass is 19.4. The lowest BCUT2D eigenvalue weighted by atomic mass is 10.2. The number of fused-ring (bicyclic) bond motifs is 1. The zero-order valence-corrected chi connectivity index (χ0v) is 16.6. The van der Waals surface area contributed by atoms with Crippen molar-refractivity contribution in [1.82, 2.24) is 9.55 Å². The average Bonchev–Trinajstić information content (AvgIpc) is 2.72. The van der Waals surface area contributed by atoms with Gasteiger partial charge in [-0.15, -0.1) is 0 Å². The summed E-state index contributed by atoms with van der Waals surface area (Å²) >= 11 is 0. The largest absolute Gasteiger partial charge is 0.452 e. The number of nitrogens with zero attached hydrogens (tertiary/aromatic N) is 2. The van der Waals surface area contributed by atoms with Crippen LogP contribution in [0.3, 0.4) is 0 Å². The molecule has 0 saturated heterocycles. The second-order valence-electron chi connectivity index (χ2n) is 6.65. The van der Waals surface area contributed by atoms with E-state index in [4.69, 9.17) is 4.74 Å². The quantitative estimate of drug-likeness (QED) is 0.622. The lowest BCUT2D eigenvalue weighted by molar-refractivity contribution is -0.137. The number of alkyl halides is 3. The number of hydrogen-bond acceptors (Lipinski definition) is 5. The molecule has 2 aromatic carbocycles. The predicted molar refractivity (Wildman–Crippen MR) is 107 cm³/mol. The molecular formula is C21H18F3N3O4. The molecule has 1 N–H and O–H groups in total. The van der Waals surface area contributed by atoms with E-state index in [1.807, 2.05) is 6.92 Å². The van der Waals surface area contributed by atoms with Crippen LogP contribution in [-0.2, 0) is 22.3 Å². The van der Waals surface area contributed by atoms with Gasteiger partial charge in [-0.25, -0.2) is 9.78 Å². The SMILES string of the molecule is CCn1c(=O)c(C)nc2cc(C(=O)OCC(=O)Nc3ccc(C(F)(F)F)cc3)ccc21. The fraction of sp³-hybridized carbons (Fsp3) is 0.238. The molecular weight excluding hydrogens is 415 g/mol. The topological polar surface area (TPSA) is 90.3 Å². The van der Waals surface area contributed by atoms with Crippen molar-refractivity contribution in [3.63, 3.8) is 0 Å². The van der Waals surface area contributed by atoms with Crippen molar-refractivity contribution in [2.24, 2.45) is 0 Å². The van der Waals surface area contributed by atoms with E-state index in [2.05, 4.69) is 10.3 Å². The molecule has 0 spiro atoms. The lowest BCUT2D eigenvalue weighted by Gasteiger charge is -2.11. The molecule has 0 bridgehead atoms. The first-order valence-corrected chi connectivity index (χ1v) is 9.25. The van der Waals surface area contributed by atoms with Crippen LogP contribution in [0.2, 0.25) is 0 Å². The van der Waals surface area contributed by atoms with E-state index in [-0.39, 0.29) is 22.5 Å². The molecule has 0 fully saturated rings. The van der Waals surface area contributed by atoms with E-state index in [0.717, 1.165) is 24.3 Å². The molecule has 1 aromatic heterocycles. The Kier molecular flexibility index (Phi) is 6.09. The van der Waals surface area contributed by atoms with Crippen molar-refractivity contribution in [2.75, 3.05) is 11.9 Å². The number of nitrogens with one attached hydrogen (secondary N) is 1. The third kappa shape index (κ3) is 4.90. The molecule has 1 heterocycles. The summed E-state index contributed by atoms with van der Waals surface area (Å²) < 4.78 is 44.2. The number of halogens is 3. The Balaban J connectivity index is 1.66. The molecule has 0 atom stereocenters. The number of rotatable bonds is 5. The highest BCUT2D eigenvalue weighted by Gasteiger charge is 2.30. The van der Waals surface area contributed by atoms with Gasteiger partial charge in [0, 0.05) is 12.2 Å². The van der Waals surface area contributed by atoms with E-state index >= 15 is 0 Å². The smallest absolute Gasteiger partial charge is 0.416 e. The van der Waals surface area contributed by atoms with Gasteiger partial charge in [0.2, 0.25) is 0 Å². The highest BCUT2D eigenvalue weighted by Crippen LogP contribution is 2.29. The highest BCUT2D eigenvalue weighted by molar-refractivity contribution is 5.97. The summed E-state index contributed by atoms with van der Waals surface area (Å²) in [6, 6.07) is 8.38. The van der Waals surface area contributed by atoms with Crippen LogP contribution in [0.25, 0.3) is 11.0 Å². The van der Waals surface area contributed by atoms with Gasteiger partial charge in [-0.1, -0.05) is 0 Å². The third-order valence-electron chi connectivity index (χ3n) is 4.49. The third-order valence-corrected chi connectivity index (χ3v) is 4.49. The van der Waals surface area contributed by atoms with Crippen LogP contribution in [0.15, 0.2) is 47.3 Å². The number of carbonyl (C=O) groups excluding carboxylic acids is 2. The molecule has 3 aromatic rings.